The molecular formula is C17H17N3. The highest BCUT2D eigenvalue weighted by atomic mass is 15.2. The molecule has 0 aliphatic carbocycles. The highest BCUT2D eigenvalue weighted by Crippen LogP contribution is 2.25. The second-order valence-corrected chi connectivity index (χ2v) is 5.00. The molecular weight excluding hydrogens is 246 g/mol. The topological polar surface area (TPSA) is 50.9 Å². The second kappa shape index (κ2) is 5.41. The number of hydrazine groups is 1. The van der Waals surface area contributed by atoms with Crippen molar-refractivity contribution in [2.24, 2.45) is 5.84 Å². The molecule has 0 fully saturated rings. The van der Waals surface area contributed by atoms with Crippen LogP contribution in [0.5, 0.6) is 0 Å². The number of hydrogen-bond donors (Lipinski definition) is 2. The molecule has 1 aromatic heterocycles. The van der Waals surface area contributed by atoms with Crippen LogP contribution in [0.1, 0.15) is 22.7 Å². The van der Waals surface area contributed by atoms with Gasteiger partial charge in [0.05, 0.1) is 6.04 Å². The van der Waals surface area contributed by atoms with Crippen LogP contribution in [-0.2, 0) is 0 Å². The molecule has 0 amide bonds. The zero-order chi connectivity index (χ0) is 13.9. The maximum atomic E-state index is 5.75. The highest BCUT2D eigenvalue weighted by Gasteiger charge is 2.13. The summed E-state index contributed by atoms with van der Waals surface area (Å²) in [5, 5.41) is 2.44. The fourth-order valence-electron chi connectivity index (χ4n) is 2.51. The maximum Gasteiger partial charge on any atom is 0.0725 e. The normalized spacial score (nSPS) is 12.5. The van der Waals surface area contributed by atoms with Crippen molar-refractivity contribution in [1.29, 1.82) is 0 Å². The average molecular weight is 263 g/mol. The molecule has 3 heteroatoms. The van der Waals surface area contributed by atoms with Gasteiger partial charge in [0.2, 0.25) is 0 Å². The van der Waals surface area contributed by atoms with Gasteiger partial charge in [-0.05, 0) is 40.5 Å². The predicted octanol–water partition coefficient (Wildman–Crippen LogP) is 3.10. The first-order valence-corrected chi connectivity index (χ1v) is 6.64. The minimum atomic E-state index is -0.0491. The van der Waals surface area contributed by atoms with E-state index >= 15 is 0 Å². The molecule has 20 heavy (non-hydrogen) atoms. The summed E-state index contributed by atoms with van der Waals surface area (Å²) in [5.41, 5.74) is 6.22. The van der Waals surface area contributed by atoms with Crippen molar-refractivity contribution in [1.82, 2.24) is 10.4 Å². The monoisotopic (exact) mass is 263 g/mol. The molecule has 1 heterocycles. The summed E-state index contributed by atoms with van der Waals surface area (Å²) >= 11 is 0. The van der Waals surface area contributed by atoms with Gasteiger partial charge in [0.25, 0.3) is 0 Å². The Labute approximate surface area is 118 Å². The Kier molecular flexibility index (Phi) is 3.46. The van der Waals surface area contributed by atoms with Gasteiger partial charge in [0.1, 0.15) is 0 Å². The fraction of sp³-hybridized carbons (Fsp3) is 0.118. The van der Waals surface area contributed by atoms with E-state index in [9.17, 15) is 0 Å². The first-order valence-electron chi connectivity index (χ1n) is 6.64. The minimum absolute atomic E-state index is 0.0491. The summed E-state index contributed by atoms with van der Waals surface area (Å²) in [6.45, 7) is 2.03. The molecule has 1 atom stereocenters. The molecule has 0 saturated carbocycles. The summed E-state index contributed by atoms with van der Waals surface area (Å²) < 4.78 is 0. The Morgan fingerprint density at radius 3 is 2.50 bits per heavy atom. The van der Waals surface area contributed by atoms with Gasteiger partial charge in [-0.2, -0.15) is 0 Å². The molecule has 0 aliphatic heterocycles. The van der Waals surface area contributed by atoms with Crippen molar-refractivity contribution in [3.8, 4) is 0 Å². The van der Waals surface area contributed by atoms with E-state index in [1.54, 1.807) is 0 Å². The molecule has 0 radical (unpaired) electrons. The van der Waals surface area contributed by atoms with Crippen molar-refractivity contribution in [2.75, 3.05) is 0 Å². The van der Waals surface area contributed by atoms with Gasteiger partial charge in [-0.25, -0.2) is 5.43 Å². The molecule has 1 unspecified atom stereocenters. The van der Waals surface area contributed by atoms with Gasteiger partial charge in [0.15, 0.2) is 0 Å². The summed E-state index contributed by atoms with van der Waals surface area (Å²) in [5.74, 6) is 5.75. The smallest absolute Gasteiger partial charge is 0.0725 e. The SMILES string of the molecule is Cc1cncc(C(NN)c2ccc3ccccc3c2)c1. The lowest BCUT2D eigenvalue weighted by molar-refractivity contribution is 0.635. The number of nitrogens with one attached hydrogen (secondary N) is 1. The average Bonchev–Trinajstić information content (AvgIpc) is 2.48. The molecule has 3 aromatic rings. The molecule has 3 N–H and O–H groups in total. The van der Waals surface area contributed by atoms with E-state index in [2.05, 4.69) is 46.8 Å². The molecule has 2 aromatic carbocycles. The van der Waals surface area contributed by atoms with Crippen LogP contribution in [0.2, 0.25) is 0 Å². The van der Waals surface area contributed by atoms with E-state index in [4.69, 9.17) is 5.84 Å². The first-order chi connectivity index (χ1) is 9.78. The zero-order valence-electron chi connectivity index (χ0n) is 11.4. The third kappa shape index (κ3) is 2.41. The van der Waals surface area contributed by atoms with Crippen LogP contribution < -0.4 is 11.3 Å². The van der Waals surface area contributed by atoms with Crippen LogP contribution >= 0.6 is 0 Å². The number of hydrogen-bond acceptors (Lipinski definition) is 3. The number of pyridine rings is 1. The highest BCUT2D eigenvalue weighted by molar-refractivity contribution is 5.83. The predicted molar refractivity (Wildman–Crippen MR) is 82.1 cm³/mol. The number of nitrogens with two attached hydrogens (primary N) is 1. The lowest BCUT2D eigenvalue weighted by atomic mass is 9.97. The van der Waals surface area contributed by atoms with Crippen molar-refractivity contribution < 1.29 is 0 Å². The number of aromatic nitrogens is 1. The summed E-state index contributed by atoms with van der Waals surface area (Å²) in [7, 11) is 0. The van der Waals surface area contributed by atoms with Crippen molar-refractivity contribution in [3.63, 3.8) is 0 Å². The Bertz CT molecular complexity index is 737. The summed E-state index contributed by atoms with van der Waals surface area (Å²) in [4.78, 5) is 4.25. The lowest BCUT2D eigenvalue weighted by Crippen LogP contribution is -2.29. The fourth-order valence-corrected chi connectivity index (χ4v) is 2.51. The Hall–Kier alpha value is -2.23. The summed E-state index contributed by atoms with van der Waals surface area (Å²) in [6, 6.07) is 16.8. The number of rotatable bonds is 3. The number of aryl methyl sites for hydroxylation is 1. The molecule has 100 valence electrons. The van der Waals surface area contributed by atoms with E-state index in [0.29, 0.717) is 0 Å². The van der Waals surface area contributed by atoms with Crippen LogP contribution in [0.25, 0.3) is 10.8 Å². The van der Waals surface area contributed by atoms with E-state index < -0.39 is 0 Å². The van der Waals surface area contributed by atoms with Gasteiger partial charge < -0.3 is 0 Å². The summed E-state index contributed by atoms with van der Waals surface area (Å²) in [6.07, 6.45) is 3.70. The minimum Gasteiger partial charge on any atom is -0.271 e. The molecule has 3 rings (SSSR count). The zero-order valence-corrected chi connectivity index (χ0v) is 11.4. The van der Waals surface area contributed by atoms with Crippen LogP contribution in [0.3, 0.4) is 0 Å². The van der Waals surface area contributed by atoms with Crippen molar-refractivity contribution in [2.45, 2.75) is 13.0 Å². The van der Waals surface area contributed by atoms with E-state index in [0.717, 1.165) is 16.7 Å². The first kappa shape index (κ1) is 12.8. The van der Waals surface area contributed by atoms with Gasteiger partial charge in [-0.3, -0.25) is 10.8 Å². The van der Waals surface area contributed by atoms with Gasteiger partial charge in [-0.15, -0.1) is 0 Å². The Morgan fingerprint density at radius 1 is 0.950 bits per heavy atom. The molecule has 0 saturated heterocycles. The van der Waals surface area contributed by atoms with Crippen molar-refractivity contribution in [3.05, 3.63) is 77.6 Å². The van der Waals surface area contributed by atoms with Crippen LogP contribution in [0.15, 0.2) is 60.9 Å². The van der Waals surface area contributed by atoms with Crippen molar-refractivity contribution >= 4 is 10.8 Å². The Morgan fingerprint density at radius 2 is 1.75 bits per heavy atom. The number of nitrogens with zero attached hydrogens (tertiary/aromatic N) is 1. The van der Waals surface area contributed by atoms with Crippen LogP contribution in [0, 0.1) is 6.92 Å². The van der Waals surface area contributed by atoms with Gasteiger partial charge >= 0.3 is 0 Å². The largest absolute Gasteiger partial charge is 0.271 e. The Balaban J connectivity index is 2.07. The second-order valence-electron chi connectivity index (χ2n) is 5.00. The lowest BCUT2D eigenvalue weighted by Gasteiger charge is -2.17. The number of benzene rings is 2. The maximum absolute atomic E-state index is 5.75. The third-order valence-electron chi connectivity index (χ3n) is 3.50. The van der Waals surface area contributed by atoms with E-state index in [1.165, 1.54) is 10.8 Å². The molecule has 0 bridgehead atoms. The van der Waals surface area contributed by atoms with Crippen LogP contribution in [0.4, 0.5) is 0 Å². The van der Waals surface area contributed by atoms with Crippen LogP contribution in [-0.4, -0.2) is 4.98 Å². The van der Waals surface area contributed by atoms with E-state index in [-0.39, 0.29) is 6.04 Å². The number of fused-ring (bicyclic) bond motifs is 1. The third-order valence-corrected chi connectivity index (χ3v) is 3.50. The molecule has 0 aliphatic rings. The molecule has 0 spiro atoms. The van der Waals surface area contributed by atoms with Gasteiger partial charge in [-0.1, -0.05) is 42.5 Å². The molecule has 3 nitrogen and oxygen atoms in total. The van der Waals surface area contributed by atoms with Gasteiger partial charge in [0, 0.05) is 12.4 Å². The standard InChI is InChI=1S/C17H17N3/c1-12-8-16(11-19-10-12)17(20-18)15-7-6-13-4-2-3-5-14(13)9-15/h2-11,17,20H,18H2,1H3. The quantitative estimate of drug-likeness (QED) is 0.564. The van der Waals surface area contributed by atoms with E-state index in [1.807, 2.05) is 31.5 Å².